The monoisotopic (exact) mass is 395 g/mol. The first-order chi connectivity index (χ1) is 13.1. The number of esters is 1. The van der Waals surface area contributed by atoms with Gasteiger partial charge in [0.05, 0.1) is 11.1 Å². The second-order valence-electron chi connectivity index (χ2n) is 5.58. The van der Waals surface area contributed by atoms with Crippen molar-refractivity contribution in [2.45, 2.75) is 6.18 Å². The van der Waals surface area contributed by atoms with E-state index in [9.17, 15) is 27.6 Å². The van der Waals surface area contributed by atoms with Crippen LogP contribution in [0.3, 0.4) is 0 Å². The van der Waals surface area contributed by atoms with Crippen LogP contribution in [0.4, 0.5) is 24.5 Å². The Hall–Kier alpha value is -3.56. The fourth-order valence-corrected chi connectivity index (χ4v) is 2.18. The van der Waals surface area contributed by atoms with Crippen LogP contribution >= 0.6 is 0 Å². The Morgan fingerprint density at radius 3 is 2.25 bits per heavy atom. The maximum absolute atomic E-state index is 12.6. The minimum absolute atomic E-state index is 0.282. The smallest absolute Gasteiger partial charge is 0.416 e. The summed E-state index contributed by atoms with van der Waals surface area (Å²) in [5.74, 6) is -2.00. The molecule has 0 radical (unpaired) electrons. The van der Waals surface area contributed by atoms with Crippen molar-refractivity contribution < 1.29 is 32.3 Å². The number of hydrogen-bond acceptors (Lipinski definition) is 5. The van der Waals surface area contributed by atoms with E-state index in [4.69, 9.17) is 10.5 Å². The van der Waals surface area contributed by atoms with Gasteiger partial charge < -0.3 is 21.1 Å². The van der Waals surface area contributed by atoms with Crippen molar-refractivity contribution in [3.63, 3.8) is 0 Å². The molecule has 4 N–H and O–H groups in total. The lowest BCUT2D eigenvalue weighted by molar-refractivity contribution is -0.137. The predicted octanol–water partition coefficient (Wildman–Crippen LogP) is 2.44. The number of anilines is 2. The van der Waals surface area contributed by atoms with Gasteiger partial charge in [0, 0.05) is 24.0 Å². The number of nitrogens with two attached hydrogens (primary N) is 1. The van der Waals surface area contributed by atoms with E-state index in [1.54, 1.807) is 0 Å². The number of benzene rings is 2. The molecule has 0 aliphatic carbocycles. The molecule has 0 bridgehead atoms. The van der Waals surface area contributed by atoms with Gasteiger partial charge in [-0.25, -0.2) is 4.79 Å². The van der Waals surface area contributed by atoms with E-state index in [1.165, 1.54) is 31.3 Å². The first-order valence-electron chi connectivity index (χ1n) is 7.87. The molecule has 0 unspecified atom stereocenters. The Labute approximate surface area is 157 Å². The topological polar surface area (TPSA) is 111 Å². The summed E-state index contributed by atoms with van der Waals surface area (Å²) in [6.07, 6.45) is -4.59. The number of carbonyl (C=O) groups excluding carboxylic acids is 3. The summed E-state index contributed by atoms with van der Waals surface area (Å²) in [7, 11) is 1.48. The highest BCUT2D eigenvalue weighted by Gasteiger charge is 2.31. The molecule has 0 heterocycles. The van der Waals surface area contributed by atoms with Crippen LogP contribution in [0.5, 0.6) is 0 Å². The molecule has 0 spiro atoms. The van der Waals surface area contributed by atoms with E-state index in [0.29, 0.717) is 23.4 Å². The minimum atomic E-state index is -4.59. The second kappa shape index (κ2) is 8.42. The van der Waals surface area contributed by atoms with E-state index >= 15 is 0 Å². The highest BCUT2D eigenvalue weighted by Crippen LogP contribution is 2.31. The molecule has 2 amide bonds. The molecule has 0 saturated carbocycles. The molecule has 10 heteroatoms. The summed E-state index contributed by atoms with van der Waals surface area (Å²) in [6.45, 7) is -0.670. The fourth-order valence-electron chi connectivity index (χ4n) is 2.18. The van der Waals surface area contributed by atoms with E-state index in [-0.39, 0.29) is 11.5 Å². The van der Waals surface area contributed by atoms with E-state index in [1.807, 2.05) is 0 Å². The zero-order chi connectivity index (χ0) is 20.9. The summed E-state index contributed by atoms with van der Waals surface area (Å²) >= 11 is 0. The Morgan fingerprint density at radius 2 is 1.71 bits per heavy atom. The average molecular weight is 395 g/mol. The van der Waals surface area contributed by atoms with Gasteiger partial charge in [-0.05, 0) is 42.5 Å². The highest BCUT2D eigenvalue weighted by atomic mass is 19.4. The van der Waals surface area contributed by atoms with E-state index < -0.39 is 35.9 Å². The number of hydrogen-bond donors (Lipinski definition) is 3. The third kappa shape index (κ3) is 5.22. The molecule has 0 saturated heterocycles. The number of ether oxygens (including phenoxy) is 1. The van der Waals surface area contributed by atoms with Crippen molar-refractivity contribution in [3.05, 3.63) is 59.2 Å². The zero-order valence-corrected chi connectivity index (χ0v) is 14.6. The molecule has 7 nitrogen and oxygen atoms in total. The van der Waals surface area contributed by atoms with Gasteiger partial charge in [-0.1, -0.05) is 0 Å². The zero-order valence-electron chi connectivity index (χ0n) is 14.6. The summed E-state index contributed by atoms with van der Waals surface area (Å²) in [5, 5.41) is 4.90. The Balaban J connectivity index is 1.94. The normalized spacial score (nSPS) is 10.9. The molecule has 2 rings (SSSR count). The van der Waals surface area contributed by atoms with Crippen LogP contribution in [-0.2, 0) is 15.7 Å². The van der Waals surface area contributed by atoms with Crippen molar-refractivity contribution in [3.8, 4) is 0 Å². The molecule has 2 aromatic carbocycles. The number of amides is 2. The van der Waals surface area contributed by atoms with Gasteiger partial charge in [0.15, 0.2) is 6.61 Å². The number of nitrogens with one attached hydrogen (secondary N) is 2. The van der Waals surface area contributed by atoms with Crippen LogP contribution in [0.2, 0.25) is 0 Å². The van der Waals surface area contributed by atoms with Gasteiger partial charge >= 0.3 is 12.1 Å². The van der Waals surface area contributed by atoms with E-state index in [0.717, 1.165) is 6.07 Å². The molecule has 28 heavy (non-hydrogen) atoms. The summed E-state index contributed by atoms with van der Waals surface area (Å²) in [4.78, 5) is 35.2. The first-order valence-corrected chi connectivity index (χ1v) is 7.87. The van der Waals surface area contributed by atoms with Crippen LogP contribution in [-0.4, -0.2) is 31.4 Å². The molecular formula is C18H16F3N3O4. The first kappa shape index (κ1) is 20.7. The fraction of sp³-hybridized carbons (Fsp3) is 0.167. The second-order valence-corrected chi connectivity index (χ2v) is 5.58. The van der Waals surface area contributed by atoms with Crippen LogP contribution in [0.1, 0.15) is 26.3 Å². The molecule has 0 aromatic heterocycles. The van der Waals surface area contributed by atoms with Gasteiger partial charge in [0.1, 0.15) is 0 Å². The standard InChI is InChI=1S/C18H16F3N3O4/c1-23-16(26)10-2-5-12(6-3-10)24-15(25)9-28-17(27)13-7-4-11(8-14(13)22)18(19,20)21/h2-8H,9,22H2,1H3,(H,23,26)(H,24,25). The largest absolute Gasteiger partial charge is 0.452 e. The van der Waals surface area contributed by atoms with E-state index in [2.05, 4.69) is 10.6 Å². The van der Waals surface area contributed by atoms with Crippen LogP contribution < -0.4 is 16.4 Å². The van der Waals surface area contributed by atoms with Crippen molar-refractivity contribution in [1.82, 2.24) is 5.32 Å². The number of alkyl halides is 3. The molecule has 0 atom stereocenters. The summed E-state index contributed by atoms with van der Waals surface area (Å²) in [6, 6.07) is 8.14. The van der Waals surface area contributed by atoms with Gasteiger partial charge in [0.2, 0.25) is 0 Å². The number of rotatable bonds is 5. The SMILES string of the molecule is CNC(=O)c1ccc(NC(=O)COC(=O)c2ccc(C(F)(F)F)cc2N)cc1. The van der Waals surface area contributed by atoms with Gasteiger partial charge in [0.25, 0.3) is 11.8 Å². The highest BCUT2D eigenvalue weighted by molar-refractivity contribution is 5.99. The molecule has 0 aliphatic heterocycles. The van der Waals surface area contributed by atoms with Crippen LogP contribution in [0.25, 0.3) is 0 Å². The minimum Gasteiger partial charge on any atom is -0.452 e. The Bertz CT molecular complexity index is 896. The predicted molar refractivity (Wildman–Crippen MR) is 94.6 cm³/mol. The average Bonchev–Trinajstić information content (AvgIpc) is 2.65. The van der Waals surface area contributed by atoms with Gasteiger partial charge in [-0.3, -0.25) is 9.59 Å². The third-order valence-electron chi connectivity index (χ3n) is 3.59. The number of carbonyl (C=O) groups is 3. The molecule has 0 fully saturated rings. The van der Waals surface area contributed by atoms with Crippen LogP contribution in [0.15, 0.2) is 42.5 Å². The lowest BCUT2D eigenvalue weighted by Gasteiger charge is -2.11. The van der Waals surface area contributed by atoms with Gasteiger partial charge in [-0.2, -0.15) is 13.2 Å². The molecular weight excluding hydrogens is 379 g/mol. The van der Waals surface area contributed by atoms with Crippen molar-refractivity contribution in [1.29, 1.82) is 0 Å². The van der Waals surface area contributed by atoms with Crippen molar-refractivity contribution in [2.75, 3.05) is 24.7 Å². The Morgan fingerprint density at radius 1 is 1.07 bits per heavy atom. The Kier molecular flexibility index (Phi) is 6.24. The number of nitrogen functional groups attached to an aromatic ring is 1. The maximum Gasteiger partial charge on any atom is 0.416 e. The van der Waals surface area contributed by atoms with Crippen molar-refractivity contribution >= 4 is 29.2 Å². The van der Waals surface area contributed by atoms with Crippen LogP contribution in [0, 0.1) is 0 Å². The summed E-state index contributed by atoms with van der Waals surface area (Å²) < 4.78 is 42.6. The lowest BCUT2D eigenvalue weighted by atomic mass is 10.1. The quantitative estimate of drug-likeness (QED) is 0.532. The van der Waals surface area contributed by atoms with Gasteiger partial charge in [-0.15, -0.1) is 0 Å². The van der Waals surface area contributed by atoms with Crippen molar-refractivity contribution in [2.24, 2.45) is 0 Å². The third-order valence-corrected chi connectivity index (χ3v) is 3.59. The summed E-state index contributed by atoms with van der Waals surface area (Å²) in [5.41, 5.74) is 4.53. The maximum atomic E-state index is 12.6. The molecule has 2 aromatic rings. The molecule has 148 valence electrons. The lowest BCUT2D eigenvalue weighted by Crippen LogP contribution is -2.22. The molecule has 0 aliphatic rings. The number of halogens is 3.